The van der Waals surface area contributed by atoms with Crippen LogP contribution in [0.2, 0.25) is 10.0 Å². The Balaban J connectivity index is 2.03. The van der Waals surface area contributed by atoms with Gasteiger partial charge in [-0.05, 0) is 36.4 Å². The molecule has 0 atom stereocenters. The summed E-state index contributed by atoms with van der Waals surface area (Å²) in [5, 5.41) is 7.97. The second-order valence-corrected chi connectivity index (χ2v) is 10.8. The first kappa shape index (κ1) is 19.8. The summed E-state index contributed by atoms with van der Waals surface area (Å²) in [6, 6.07) is 30.9. The van der Waals surface area contributed by atoms with E-state index in [9.17, 15) is 4.79 Å². The van der Waals surface area contributed by atoms with Gasteiger partial charge in [-0.1, -0.05) is 77.8 Å². The number of nitrogens with zero attached hydrogens (tertiary/aromatic N) is 2. The van der Waals surface area contributed by atoms with Crippen LogP contribution >= 0.6 is 30.5 Å². The van der Waals surface area contributed by atoms with Gasteiger partial charge in [-0.15, -0.1) is 0 Å². The molecule has 0 radical (unpaired) electrons. The first-order chi connectivity index (χ1) is 14.1. The molecule has 4 rings (SSSR count). The minimum atomic E-state index is -2.24. The Kier molecular flexibility index (Phi) is 5.82. The highest BCUT2D eigenvalue weighted by Gasteiger charge is 2.46. The van der Waals surface area contributed by atoms with Crippen LogP contribution in [0.1, 0.15) is 0 Å². The van der Waals surface area contributed by atoms with Crippen molar-refractivity contribution in [3.63, 3.8) is 0 Å². The van der Waals surface area contributed by atoms with Gasteiger partial charge in [0.2, 0.25) is 0 Å². The summed E-state index contributed by atoms with van der Waals surface area (Å²) in [4.78, 5) is 12.9. The average Bonchev–Trinajstić information content (AvgIpc) is 2.79. The highest BCUT2D eigenvalue weighted by molar-refractivity contribution is 7.94. The smallest absolute Gasteiger partial charge is 0.266 e. The summed E-state index contributed by atoms with van der Waals surface area (Å²) in [7, 11) is -2.24. The maximum Gasteiger partial charge on any atom is 0.290 e. The van der Waals surface area contributed by atoms with E-state index in [1.54, 1.807) is 0 Å². The molecule has 0 unspecified atom stereocenters. The summed E-state index contributed by atoms with van der Waals surface area (Å²) < 4.78 is 1.44. The number of benzene rings is 3. The topological polar surface area (TPSA) is 34.9 Å². The lowest BCUT2D eigenvalue weighted by atomic mass is 10.4. The van der Waals surface area contributed by atoms with Gasteiger partial charge in [0.15, 0.2) is 6.29 Å². The van der Waals surface area contributed by atoms with E-state index in [0.717, 1.165) is 15.9 Å². The molecule has 0 aliphatic heterocycles. The number of hydrogen-bond acceptors (Lipinski definition) is 2. The molecule has 0 spiro atoms. The van der Waals surface area contributed by atoms with E-state index in [1.807, 2.05) is 54.6 Å². The fourth-order valence-electron chi connectivity index (χ4n) is 3.49. The molecule has 0 aliphatic rings. The molecular weight excluding hydrogens is 422 g/mol. The SMILES string of the molecule is O=c1c(Cl)c(Cl)cnn1C[P+](c1ccccc1)(c1ccccc1)c1ccccc1. The maximum atomic E-state index is 12.9. The molecule has 0 fully saturated rings. The van der Waals surface area contributed by atoms with E-state index in [4.69, 9.17) is 23.2 Å². The van der Waals surface area contributed by atoms with E-state index < -0.39 is 7.26 Å². The predicted octanol–water partition coefficient (Wildman–Crippen LogP) is 4.50. The van der Waals surface area contributed by atoms with Crippen LogP contribution in [0.25, 0.3) is 0 Å². The predicted molar refractivity (Wildman–Crippen MR) is 124 cm³/mol. The molecule has 3 aromatic carbocycles. The number of hydrogen-bond donors (Lipinski definition) is 0. The third-order valence-corrected chi connectivity index (χ3v) is 9.86. The Bertz CT molecular complexity index is 1070. The minimum Gasteiger partial charge on any atom is -0.266 e. The molecule has 6 heteroatoms. The van der Waals surface area contributed by atoms with Crippen molar-refractivity contribution in [3.8, 4) is 0 Å². The molecular formula is C23H18Cl2N2OP+. The van der Waals surface area contributed by atoms with E-state index in [0.29, 0.717) is 6.29 Å². The highest BCUT2D eigenvalue weighted by Crippen LogP contribution is 2.56. The zero-order valence-electron chi connectivity index (χ0n) is 15.5. The third kappa shape index (κ3) is 3.74. The molecule has 1 heterocycles. The van der Waals surface area contributed by atoms with Crippen molar-refractivity contribution in [1.82, 2.24) is 9.78 Å². The van der Waals surface area contributed by atoms with Crippen LogP contribution in [-0.4, -0.2) is 9.78 Å². The van der Waals surface area contributed by atoms with Crippen molar-refractivity contribution in [2.75, 3.05) is 0 Å². The van der Waals surface area contributed by atoms with Gasteiger partial charge in [0.25, 0.3) is 5.56 Å². The van der Waals surface area contributed by atoms with Crippen LogP contribution in [0.4, 0.5) is 0 Å². The monoisotopic (exact) mass is 439 g/mol. The van der Waals surface area contributed by atoms with Crippen LogP contribution in [0, 0.1) is 0 Å². The lowest BCUT2D eigenvalue weighted by Crippen LogP contribution is -2.37. The Morgan fingerprint density at radius 3 is 1.55 bits per heavy atom. The van der Waals surface area contributed by atoms with Gasteiger partial charge in [-0.3, -0.25) is 4.79 Å². The van der Waals surface area contributed by atoms with Gasteiger partial charge in [0.1, 0.15) is 28.2 Å². The Morgan fingerprint density at radius 1 is 0.724 bits per heavy atom. The highest BCUT2D eigenvalue weighted by atomic mass is 35.5. The zero-order chi connectivity index (χ0) is 20.3. The molecule has 1 aromatic heterocycles. The molecule has 0 bridgehead atoms. The van der Waals surface area contributed by atoms with Crippen molar-refractivity contribution in [3.05, 3.63) is 118 Å². The van der Waals surface area contributed by atoms with Crippen molar-refractivity contribution in [1.29, 1.82) is 0 Å². The van der Waals surface area contributed by atoms with Crippen LogP contribution in [0.3, 0.4) is 0 Å². The first-order valence-electron chi connectivity index (χ1n) is 9.09. The van der Waals surface area contributed by atoms with Gasteiger partial charge in [0.05, 0.1) is 11.2 Å². The van der Waals surface area contributed by atoms with E-state index in [-0.39, 0.29) is 15.6 Å². The average molecular weight is 440 g/mol. The molecule has 0 amide bonds. The number of aromatic nitrogens is 2. The third-order valence-electron chi connectivity index (χ3n) is 4.88. The van der Waals surface area contributed by atoms with Crippen molar-refractivity contribution < 1.29 is 0 Å². The van der Waals surface area contributed by atoms with Crippen molar-refractivity contribution >= 4 is 46.4 Å². The summed E-state index contributed by atoms with van der Waals surface area (Å²) in [6.45, 7) is 0. The Morgan fingerprint density at radius 2 is 1.14 bits per heavy atom. The maximum absolute atomic E-state index is 12.9. The fraction of sp³-hybridized carbons (Fsp3) is 0.0435. The van der Waals surface area contributed by atoms with Gasteiger partial charge in [-0.25, -0.2) is 0 Å². The van der Waals surface area contributed by atoms with Gasteiger partial charge in [-0.2, -0.15) is 9.78 Å². The van der Waals surface area contributed by atoms with Crippen LogP contribution in [0.15, 0.2) is 102 Å². The fourth-order valence-corrected chi connectivity index (χ4v) is 7.79. The largest absolute Gasteiger partial charge is 0.290 e. The lowest BCUT2D eigenvalue weighted by molar-refractivity contribution is 0.687. The van der Waals surface area contributed by atoms with Crippen molar-refractivity contribution in [2.45, 2.75) is 6.29 Å². The molecule has 0 saturated heterocycles. The lowest BCUT2D eigenvalue weighted by Gasteiger charge is -2.27. The molecule has 4 aromatic rings. The number of halogens is 2. The molecule has 3 nitrogen and oxygen atoms in total. The normalized spacial score (nSPS) is 11.4. The summed E-state index contributed by atoms with van der Waals surface area (Å²) >= 11 is 12.2. The quantitative estimate of drug-likeness (QED) is 0.429. The second-order valence-electron chi connectivity index (χ2n) is 6.57. The van der Waals surface area contributed by atoms with E-state index in [2.05, 4.69) is 41.5 Å². The second kappa shape index (κ2) is 8.51. The van der Waals surface area contributed by atoms with Crippen LogP contribution in [0.5, 0.6) is 0 Å². The summed E-state index contributed by atoms with van der Waals surface area (Å²) in [5.74, 6) is 0. The van der Waals surface area contributed by atoms with Crippen LogP contribution < -0.4 is 21.5 Å². The van der Waals surface area contributed by atoms with Gasteiger partial charge < -0.3 is 0 Å². The standard InChI is InChI=1S/C23H18Cl2N2OP/c24-21-16-26-27(23(28)22(21)25)17-29(18-10-4-1-5-11-18,19-12-6-2-7-13-19)20-14-8-3-9-15-20/h1-16H,17H2/q+1. The molecule has 0 N–H and O–H groups in total. The first-order valence-corrected chi connectivity index (χ1v) is 11.8. The van der Waals surface area contributed by atoms with Gasteiger partial charge in [0, 0.05) is 0 Å². The van der Waals surface area contributed by atoms with E-state index in [1.165, 1.54) is 10.9 Å². The summed E-state index contributed by atoms with van der Waals surface area (Å²) in [5.41, 5.74) is -0.383. The molecule has 29 heavy (non-hydrogen) atoms. The number of rotatable bonds is 5. The van der Waals surface area contributed by atoms with Crippen LogP contribution in [-0.2, 0) is 6.29 Å². The zero-order valence-corrected chi connectivity index (χ0v) is 17.9. The molecule has 0 saturated carbocycles. The van der Waals surface area contributed by atoms with Gasteiger partial charge >= 0.3 is 0 Å². The van der Waals surface area contributed by atoms with E-state index >= 15 is 0 Å². The minimum absolute atomic E-state index is 0.00560. The van der Waals surface area contributed by atoms with Crippen molar-refractivity contribution in [2.24, 2.45) is 0 Å². The Labute approximate surface area is 179 Å². The molecule has 144 valence electrons. The summed E-state index contributed by atoms with van der Waals surface area (Å²) in [6.07, 6.45) is 1.82. The molecule has 0 aliphatic carbocycles. The Hall–Kier alpha value is -2.45.